The molecule has 1 amide bonds. The van der Waals surface area contributed by atoms with E-state index in [0.717, 1.165) is 16.7 Å². The molecule has 0 fully saturated rings. The highest BCUT2D eigenvalue weighted by molar-refractivity contribution is 6.30. The van der Waals surface area contributed by atoms with Crippen molar-refractivity contribution in [3.63, 3.8) is 0 Å². The van der Waals surface area contributed by atoms with Crippen molar-refractivity contribution < 1.29 is 14.3 Å². The monoisotopic (exact) mass is 520 g/mol. The summed E-state index contributed by atoms with van der Waals surface area (Å²) in [6, 6.07) is 33.7. The number of halogens is 1. The number of ether oxygens (including phenoxy) is 1. The first kappa shape index (κ1) is 25.2. The second-order valence-corrected chi connectivity index (χ2v) is 9.32. The summed E-state index contributed by atoms with van der Waals surface area (Å²) in [5.74, 6) is -0.988. The number of rotatable bonds is 7. The molecule has 0 aliphatic carbocycles. The summed E-state index contributed by atoms with van der Waals surface area (Å²) in [6.07, 6.45) is 0. The summed E-state index contributed by atoms with van der Waals surface area (Å²) in [6.45, 7) is 1.41. The molecule has 0 spiro atoms. The molecule has 0 aliphatic heterocycles. The van der Waals surface area contributed by atoms with E-state index >= 15 is 0 Å². The normalized spacial score (nSPS) is 10.9. The molecule has 0 aliphatic rings. The zero-order valence-electron chi connectivity index (χ0n) is 20.7. The van der Waals surface area contributed by atoms with Crippen LogP contribution in [0, 0.1) is 6.92 Å². The minimum absolute atomic E-state index is 0.374. The maximum Gasteiger partial charge on any atom is 0.339 e. The number of nitrogens with one attached hydrogen (secondary N) is 1. The van der Waals surface area contributed by atoms with E-state index in [1.807, 2.05) is 110 Å². The predicted octanol–water partition coefficient (Wildman–Crippen LogP) is 6.93. The minimum atomic E-state index is -0.587. The van der Waals surface area contributed by atoms with Gasteiger partial charge in [0.25, 0.3) is 5.91 Å². The van der Waals surface area contributed by atoms with Crippen LogP contribution in [-0.4, -0.2) is 23.5 Å². The van der Waals surface area contributed by atoms with E-state index in [9.17, 15) is 9.59 Å². The zero-order chi connectivity index (χ0) is 26.5. The van der Waals surface area contributed by atoms with Crippen molar-refractivity contribution in [1.82, 2.24) is 10.3 Å². The van der Waals surface area contributed by atoms with Gasteiger partial charge in [0.1, 0.15) is 0 Å². The van der Waals surface area contributed by atoms with Crippen LogP contribution in [0.25, 0.3) is 22.2 Å². The van der Waals surface area contributed by atoms with E-state index in [0.29, 0.717) is 32.7 Å². The zero-order valence-corrected chi connectivity index (χ0v) is 21.5. The van der Waals surface area contributed by atoms with E-state index in [1.165, 1.54) is 0 Å². The van der Waals surface area contributed by atoms with Gasteiger partial charge in [0.2, 0.25) is 0 Å². The second kappa shape index (κ2) is 11.3. The Morgan fingerprint density at radius 2 is 1.47 bits per heavy atom. The van der Waals surface area contributed by atoms with Crippen LogP contribution in [0.4, 0.5) is 0 Å². The van der Waals surface area contributed by atoms with Gasteiger partial charge in [-0.25, -0.2) is 9.78 Å². The fraction of sp³-hybridized carbons (Fsp3) is 0.0938. The SMILES string of the molecule is Cc1c(-c2cccc(Cl)c2)nc2ccccc2c1C(=O)OCC(=O)NC(c1ccccc1)c1ccccc1. The topological polar surface area (TPSA) is 68.3 Å². The van der Waals surface area contributed by atoms with Gasteiger partial charge in [0, 0.05) is 16.0 Å². The molecule has 0 atom stereocenters. The standard InChI is InChI=1S/C32H25ClN2O3/c1-21-29(26-17-8-9-18-27(26)34-30(21)24-15-10-16-25(33)19-24)32(37)38-20-28(36)35-31(22-11-4-2-5-12-22)23-13-6-3-7-14-23/h2-19,31H,20H2,1H3,(H,35,36). The average Bonchev–Trinajstić information content (AvgIpc) is 2.95. The molecule has 38 heavy (non-hydrogen) atoms. The Hall–Kier alpha value is -4.48. The molecule has 5 nitrogen and oxygen atoms in total. The lowest BCUT2D eigenvalue weighted by Gasteiger charge is -2.20. The highest BCUT2D eigenvalue weighted by Gasteiger charge is 2.22. The molecule has 1 N–H and O–H groups in total. The Kier molecular flexibility index (Phi) is 7.47. The van der Waals surface area contributed by atoms with Gasteiger partial charge >= 0.3 is 5.97 Å². The maximum atomic E-state index is 13.4. The molecule has 0 saturated carbocycles. The fourth-order valence-corrected chi connectivity index (χ4v) is 4.73. The highest BCUT2D eigenvalue weighted by atomic mass is 35.5. The van der Waals surface area contributed by atoms with Gasteiger partial charge in [-0.15, -0.1) is 0 Å². The molecule has 0 unspecified atom stereocenters. The third-order valence-corrected chi connectivity index (χ3v) is 6.58. The van der Waals surface area contributed by atoms with Gasteiger partial charge in [-0.2, -0.15) is 0 Å². The van der Waals surface area contributed by atoms with Crippen LogP contribution >= 0.6 is 11.6 Å². The van der Waals surface area contributed by atoms with E-state index < -0.39 is 18.5 Å². The van der Waals surface area contributed by atoms with Crippen molar-refractivity contribution in [1.29, 1.82) is 0 Å². The second-order valence-electron chi connectivity index (χ2n) is 8.89. The number of carbonyl (C=O) groups is 2. The van der Waals surface area contributed by atoms with E-state index in [4.69, 9.17) is 21.3 Å². The Morgan fingerprint density at radius 1 is 0.842 bits per heavy atom. The number of pyridine rings is 1. The smallest absolute Gasteiger partial charge is 0.339 e. The molecule has 0 saturated heterocycles. The van der Waals surface area contributed by atoms with Crippen LogP contribution in [0.3, 0.4) is 0 Å². The number of fused-ring (bicyclic) bond motifs is 1. The number of hydrogen-bond donors (Lipinski definition) is 1. The van der Waals surface area contributed by atoms with Crippen molar-refractivity contribution in [3.05, 3.63) is 136 Å². The van der Waals surface area contributed by atoms with Crippen molar-refractivity contribution in [2.45, 2.75) is 13.0 Å². The molecule has 5 aromatic rings. The van der Waals surface area contributed by atoms with Gasteiger partial charge in [-0.3, -0.25) is 4.79 Å². The molecule has 6 heteroatoms. The number of para-hydroxylation sites is 1. The lowest BCUT2D eigenvalue weighted by molar-refractivity contribution is -0.124. The summed E-state index contributed by atoms with van der Waals surface area (Å²) in [4.78, 5) is 31.2. The summed E-state index contributed by atoms with van der Waals surface area (Å²) in [5, 5.41) is 4.24. The van der Waals surface area contributed by atoms with Crippen LogP contribution < -0.4 is 5.32 Å². The van der Waals surface area contributed by atoms with Crippen LogP contribution in [0.15, 0.2) is 109 Å². The van der Waals surface area contributed by atoms with E-state index in [2.05, 4.69) is 5.32 Å². The predicted molar refractivity (Wildman–Crippen MR) is 150 cm³/mol. The first-order valence-corrected chi connectivity index (χ1v) is 12.6. The van der Waals surface area contributed by atoms with Crippen molar-refractivity contribution in [2.75, 3.05) is 6.61 Å². The molecule has 0 radical (unpaired) electrons. The van der Waals surface area contributed by atoms with Crippen LogP contribution in [-0.2, 0) is 9.53 Å². The molecule has 1 aromatic heterocycles. The average molecular weight is 521 g/mol. The minimum Gasteiger partial charge on any atom is -0.452 e. The first-order chi connectivity index (χ1) is 18.5. The Balaban J connectivity index is 1.40. The Bertz CT molecular complexity index is 1560. The third-order valence-electron chi connectivity index (χ3n) is 6.34. The molecule has 1 heterocycles. The molecule has 188 valence electrons. The molecule has 0 bridgehead atoms. The summed E-state index contributed by atoms with van der Waals surface area (Å²) < 4.78 is 5.56. The van der Waals surface area contributed by atoms with E-state index in [-0.39, 0.29) is 6.04 Å². The van der Waals surface area contributed by atoms with Gasteiger partial charge in [0.15, 0.2) is 6.61 Å². The van der Waals surface area contributed by atoms with Crippen LogP contribution in [0.1, 0.15) is 33.1 Å². The van der Waals surface area contributed by atoms with Gasteiger partial charge in [-0.1, -0.05) is 103 Å². The molecular weight excluding hydrogens is 496 g/mol. The van der Waals surface area contributed by atoms with Crippen LogP contribution in [0.5, 0.6) is 0 Å². The lowest BCUT2D eigenvalue weighted by Crippen LogP contribution is -2.33. The number of carbonyl (C=O) groups excluding carboxylic acids is 2. The fourth-order valence-electron chi connectivity index (χ4n) is 4.54. The summed E-state index contributed by atoms with van der Waals surface area (Å²) >= 11 is 6.22. The number of benzene rings is 4. The van der Waals surface area contributed by atoms with Gasteiger partial charge in [-0.05, 0) is 41.8 Å². The maximum absolute atomic E-state index is 13.4. The number of nitrogens with zero attached hydrogens (tertiary/aromatic N) is 1. The summed E-state index contributed by atoms with van der Waals surface area (Å²) in [5.41, 5.74) is 4.97. The first-order valence-electron chi connectivity index (χ1n) is 12.2. The highest BCUT2D eigenvalue weighted by Crippen LogP contribution is 2.31. The Morgan fingerprint density at radius 3 is 2.13 bits per heavy atom. The number of hydrogen-bond acceptors (Lipinski definition) is 4. The number of amides is 1. The van der Waals surface area contributed by atoms with E-state index in [1.54, 1.807) is 6.07 Å². The quantitative estimate of drug-likeness (QED) is 0.236. The summed E-state index contributed by atoms with van der Waals surface area (Å²) in [7, 11) is 0. The third kappa shape index (κ3) is 5.43. The van der Waals surface area contributed by atoms with Crippen molar-refractivity contribution >= 4 is 34.4 Å². The van der Waals surface area contributed by atoms with Crippen LogP contribution in [0.2, 0.25) is 5.02 Å². The molecule has 4 aromatic carbocycles. The number of esters is 1. The molecular formula is C32H25ClN2O3. The van der Waals surface area contributed by atoms with Crippen molar-refractivity contribution in [3.8, 4) is 11.3 Å². The lowest BCUT2D eigenvalue weighted by atomic mass is 9.98. The molecule has 5 rings (SSSR count). The number of aromatic nitrogens is 1. The van der Waals surface area contributed by atoms with Gasteiger partial charge < -0.3 is 10.1 Å². The van der Waals surface area contributed by atoms with Crippen molar-refractivity contribution in [2.24, 2.45) is 0 Å². The Labute approximate surface area is 226 Å². The largest absolute Gasteiger partial charge is 0.452 e. The van der Waals surface area contributed by atoms with Gasteiger partial charge in [0.05, 0.1) is 22.8 Å².